The van der Waals surface area contributed by atoms with Crippen molar-refractivity contribution >= 4 is 17.3 Å². The Labute approximate surface area is 121 Å². The van der Waals surface area contributed by atoms with Crippen LogP contribution in [0.15, 0.2) is 24.3 Å². The molecule has 1 aliphatic rings. The van der Waals surface area contributed by atoms with Crippen molar-refractivity contribution in [2.75, 3.05) is 37.3 Å². The number of hydrogen-bond donors (Lipinski definition) is 1. The molecule has 1 fully saturated rings. The normalized spacial score (nSPS) is 19.5. The van der Waals surface area contributed by atoms with Crippen LogP contribution < -0.4 is 10.6 Å². The van der Waals surface area contributed by atoms with Gasteiger partial charge in [0, 0.05) is 25.0 Å². The average molecular weight is 275 g/mol. The summed E-state index contributed by atoms with van der Waals surface area (Å²) in [5, 5.41) is 0. The SMILES string of the molecule is CC(C)C1CCN(CC(=O)N(C)c2ccc(N)cc2)C1. The highest BCUT2D eigenvalue weighted by Gasteiger charge is 2.26. The summed E-state index contributed by atoms with van der Waals surface area (Å²) in [6, 6.07) is 7.41. The molecule has 1 heterocycles. The lowest BCUT2D eigenvalue weighted by molar-refractivity contribution is -0.119. The predicted octanol–water partition coefficient (Wildman–Crippen LogP) is 2.21. The highest BCUT2D eigenvalue weighted by Crippen LogP contribution is 2.23. The van der Waals surface area contributed by atoms with Crippen molar-refractivity contribution in [3.05, 3.63) is 24.3 Å². The van der Waals surface area contributed by atoms with Crippen molar-refractivity contribution in [1.29, 1.82) is 0 Å². The Morgan fingerprint density at radius 1 is 1.40 bits per heavy atom. The fourth-order valence-electron chi connectivity index (χ4n) is 2.69. The van der Waals surface area contributed by atoms with Crippen LogP contribution in [0.1, 0.15) is 20.3 Å². The highest BCUT2D eigenvalue weighted by molar-refractivity contribution is 5.94. The van der Waals surface area contributed by atoms with Crippen molar-refractivity contribution in [2.24, 2.45) is 11.8 Å². The van der Waals surface area contributed by atoms with Gasteiger partial charge in [0.25, 0.3) is 0 Å². The van der Waals surface area contributed by atoms with Gasteiger partial charge in [0.05, 0.1) is 6.54 Å². The van der Waals surface area contributed by atoms with Gasteiger partial charge in [-0.15, -0.1) is 0 Å². The molecule has 0 radical (unpaired) electrons. The van der Waals surface area contributed by atoms with Crippen LogP contribution >= 0.6 is 0 Å². The molecule has 0 aromatic heterocycles. The second-order valence-electron chi connectivity index (χ2n) is 6.07. The van der Waals surface area contributed by atoms with E-state index in [1.807, 2.05) is 31.3 Å². The van der Waals surface area contributed by atoms with Gasteiger partial charge in [-0.3, -0.25) is 9.69 Å². The summed E-state index contributed by atoms with van der Waals surface area (Å²) in [7, 11) is 1.82. The van der Waals surface area contributed by atoms with Gasteiger partial charge in [-0.1, -0.05) is 13.8 Å². The van der Waals surface area contributed by atoms with E-state index in [0.29, 0.717) is 18.2 Å². The average Bonchev–Trinajstić information content (AvgIpc) is 2.87. The van der Waals surface area contributed by atoms with E-state index >= 15 is 0 Å². The number of carbonyl (C=O) groups excluding carboxylic acids is 1. The maximum Gasteiger partial charge on any atom is 0.240 e. The number of likely N-dealkylation sites (N-methyl/N-ethyl adjacent to an activating group) is 1. The van der Waals surface area contributed by atoms with Crippen LogP contribution in [0.4, 0.5) is 11.4 Å². The predicted molar refractivity (Wildman–Crippen MR) is 83.6 cm³/mol. The molecule has 20 heavy (non-hydrogen) atoms. The quantitative estimate of drug-likeness (QED) is 0.857. The summed E-state index contributed by atoms with van der Waals surface area (Å²) in [6.07, 6.45) is 1.20. The van der Waals surface area contributed by atoms with Crippen LogP contribution in [0.2, 0.25) is 0 Å². The maximum absolute atomic E-state index is 12.3. The molecular weight excluding hydrogens is 250 g/mol. The Bertz CT molecular complexity index is 455. The Balaban J connectivity index is 1.90. The molecule has 0 spiro atoms. The van der Waals surface area contributed by atoms with Gasteiger partial charge in [0.2, 0.25) is 5.91 Å². The molecule has 1 aromatic carbocycles. The van der Waals surface area contributed by atoms with Crippen molar-refractivity contribution in [3.63, 3.8) is 0 Å². The first-order valence-electron chi connectivity index (χ1n) is 7.32. The Morgan fingerprint density at radius 3 is 2.60 bits per heavy atom. The van der Waals surface area contributed by atoms with E-state index < -0.39 is 0 Å². The number of benzene rings is 1. The standard InChI is InChI=1S/C16H25N3O/c1-12(2)13-8-9-19(10-13)11-16(20)18(3)15-6-4-14(17)5-7-15/h4-7,12-13H,8-11,17H2,1-3H3. The van der Waals surface area contributed by atoms with E-state index in [2.05, 4.69) is 18.7 Å². The molecule has 1 aliphatic heterocycles. The zero-order valence-corrected chi connectivity index (χ0v) is 12.7. The molecule has 4 heteroatoms. The zero-order valence-electron chi connectivity index (χ0n) is 12.7. The molecule has 4 nitrogen and oxygen atoms in total. The molecule has 1 unspecified atom stereocenters. The minimum Gasteiger partial charge on any atom is -0.399 e. The van der Waals surface area contributed by atoms with Crippen LogP contribution in [-0.4, -0.2) is 37.5 Å². The molecule has 1 aromatic rings. The van der Waals surface area contributed by atoms with Gasteiger partial charge >= 0.3 is 0 Å². The Hall–Kier alpha value is -1.55. The first-order chi connectivity index (χ1) is 9.47. The van der Waals surface area contributed by atoms with Crippen LogP contribution in [0.5, 0.6) is 0 Å². The van der Waals surface area contributed by atoms with Gasteiger partial charge in [-0.25, -0.2) is 0 Å². The summed E-state index contributed by atoms with van der Waals surface area (Å²) >= 11 is 0. The molecule has 1 atom stereocenters. The van der Waals surface area contributed by atoms with Crippen LogP contribution in [0.25, 0.3) is 0 Å². The van der Waals surface area contributed by atoms with Crippen LogP contribution in [-0.2, 0) is 4.79 Å². The molecule has 2 N–H and O–H groups in total. The first kappa shape index (κ1) is 14.9. The zero-order chi connectivity index (χ0) is 14.7. The van der Waals surface area contributed by atoms with Gasteiger partial charge < -0.3 is 10.6 Å². The lowest BCUT2D eigenvalue weighted by Crippen LogP contribution is -2.37. The number of anilines is 2. The van der Waals surface area contributed by atoms with Crippen molar-refractivity contribution < 1.29 is 4.79 Å². The lowest BCUT2D eigenvalue weighted by atomic mass is 9.95. The first-order valence-corrected chi connectivity index (χ1v) is 7.32. The van der Waals surface area contributed by atoms with E-state index in [-0.39, 0.29) is 5.91 Å². The summed E-state index contributed by atoms with van der Waals surface area (Å²) in [4.78, 5) is 16.3. The van der Waals surface area contributed by atoms with Gasteiger partial charge in [0.1, 0.15) is 0 Å². The number of nitrogens with two attached hydrogens (primary N) is 1. The van der Waals surface area contributed by atoms with E-state index in [9.17, 15) is 4.79 Å². The number of amides is 1. The topological polar surface area (TPSA) is 49.6 Å². The number of nitrogen functional groups attached to an aromatic ring is 1. The molecule has 0 saturated carbocycles. The monoisotopic (exact) mass is 275 g/mol. The molecule has 2 rings (SSSR count). The second kappa shape index (κ2) is 6.27. The number of nitrogens with zero attached hydrogens (tertiary/aromatic N) is 2. The number of carbonyl (C=O) groups is 1. The van der Waals surface area contributed by atoms with E-state index in [1.165, 1.54) is 6.42 Å². The fraction of sp³-hybridized carbons (Fsp3) is 0.562. The van der Waals surface area contributed by atoms with Gasteiger partial charge in [0.15, 0.2) is 0 Å². The third-order valence-corrected chi connectivity index (χ3v) is 4.26. The van der Waals surface area contributed by atoms with Crippen molar-refractivity contribution in [2.45, 2.75) is 20.3 Å². The highest BCUT2D eigenvalue weighted by atomic mass is 16.2. The lowest BCUT2D eigenvalue weighted by Gasteiger charge is -2.22. The Morgan fingerprint density at radius 2 is 2.05 bits per heavy atom. The van der Waals surface area contributed by atoms with Crippen molar-refractivity contribution in [1.82, 2.24) is 4.90 Å². The van der Waals surface area contributed by atoms with Gasteiger partial charge in [-0.2, -0.15) is 0 Å². The number of likely N-dealkylation sites (tertiary alicyclic amines) is 1. The van der Waals surface area contributed by atoms with E-state index in [1.54, 1.807) is 4.90 Å². The van der Waals surface area contributed by atoms with Crippen molar-refractivity contribution in [3.8, 4) is 0 Å². The summed E-state index contributed by atoms with van der Waals surface area (Å²) in [5.41, 5.74) is 7.28. The van der Waals surface area contributed by atoms with E-state index in [0.717, 1.165) is 24.7 Å². The summed E-state index contributed by atoms with van der Waals surface area (Å²) < 4.78 is 0. The molecular formula is C16H25N3O. The van der Waals surface area contributed by atoms with E-state index in [4.69, 9.17) is 5.73 Å². The van der Waals surface area contributed by atoms with Crippen LogP contribution in [0.3, 0.4) is 0 Å². The Kier molecular flexibility index (Phi) is 4.65. The third-order valence-electron chi connectivity index (χ3n) is 4.26. The van der Waals surface area contributed by atoms with Crippen LogP contribution in [0, 0.1) is 11.8 Å². The molecule has 0 aliphatic carbocycles. The number of hydrogen-bond acceptors (Lipinski definition) is 3. The number of rotatable bonds is 4. The van der Waals surface area contributed by atoms with Gasteiger partial charge in [-0.05, 0) is 49.1 Å². The summed E-state index contributed by atoms with van der Waals surface area (Å²) in [6.45, 7) is 7.10. The summed E-state index contributed by atoms with van der Waals surface area (Å²) in [5.74, 6) is 1.56. The molecule has 0 bridgehead atoms. The third kappa shape index (κ3) is 3.51. The molecule has 1 saturated heterocycles. The second-order valence-corrected chi connectivity index (χ2v) is 6.07. The smallest absolute Gasteiger partial charge is 0.240 e. The minimum atomic E-state index is 0.138. The minimum absolute atomic E-state index is 0.138. The molecule has 1 amide bonds. The maximum atomic E-state index is 12.3. The fourth-order valence-corrected chi connectivity index (χ4v) is 2.69. The largest absolute Gasteiger partial charge is 0.399 e. The molecule has 110 valence electrons.